The van der Waals surface area contributed by atoms with Crippen molar-refractivity contribution in [1.29, 1.82) is 0 Å². The quantitative estimate of drug-likeness (QED) is 0.0205. The average Bonchev–Trinajstić information content (AvgIpc) is 3.39. The molecule has 2 N–H and O–H groups in total. The zero-order chi connectivity index (χ0) is 56.4. The van der Waals surface area contributed by atoms with Crippen molar-refractivity contribution in [2.24, 2.45) is 0 Å². The Morgan fingerprint density at radius 3 is 1.27 bits per heavy atom. The van der Waals surface area contributed by atoms with Crippen LogP contribution in [0.2, 0.25) is 0 Å². The molecule has 0 heterocycles. The van der Waals surface area contributed by atoms with Crippen LogP contribution in [0.3, 0.4) is 0 Å². The highest BCUT2D eigenvalue weighted by molar-refractivity contribution is 7.47. The van der Waals surface area contributed by atoms with Crippen molar-refractivity contribution < 1.29 is 37.3 Å². The Hall–Kier alpha value is -3.33. The number of quaternary nitrogens is 1. The molecule has 0 saturated heterocycles. The number of hydrogen-bond donors (Lipinski definition) is 2. The first-order valence-electron chi connectivity index (χ1n) is 31.2. The molecule has 10 heteroatoms. The molecule has 442 valence electrons. The Bertz CT molecular complexity index is 1690. The minimum absolute atomic E-state index is 0.0267. The van der Waals surface area contributed by atoms with Crippen LogP contribution in [0.15, 0.2) is 109 Å². The maximum Gasteiger partial charge on any atom is 0.472 e. The minimum Gasteiger partial charge on any atom is -0.456 e. The van der Waals surface area contributed by atoms with E-state index in [0.717, 1.165) is 128 Å². The Balaban J connectivity index is 5.37. The Morgan fingerprint density at radius 1 is 0.468 bits per heavy atom. The van der Waals surface area contributed by atoms with Gasteiger partial charge in [-0.15, -0.1) is 0 Å². The predicted molar refractivity (Wildman–Crippen MR) is 332 cm³/mol. The number of nitrogens with one attached hydrogen (secondary N) is 1. The van der Waals surface area contributed by atoms with Gasteiger partial charge in [-0.25, -0.2) is 4.57 Å². The lowest BCUT2D eigenvalue weighted by Crippen LogP contribution is -2.47. The molecule has 0 aromatic heterocycles. The molecule has 0 aromatic carbocycles. The summed E-state index contributed by atoms with van der Waals surface area (Å²) in [6.07, 6.45) is 76.5. The van der Waals surface area contributed by atoms with Crippen LogP contribution in [0.4, 0.5) is 0 Å². The monoisotopic (exact) mass is 1090 g/mol. The van der Waals surface area contributed by atoms with Crippen LogP contribution in [0.25, 0.3) is 0 Å². The van der Waals surface area contributed by atoms with Crippen LogP contribution in [-0.4, -0.2) is 74.3 Å². The van der Waals surface area contributed by atoms with E-state index in [1.165, 1.54) is 83.5 Å². The molecule has 0 fully saturated rings. The molecule has 0 spiro atoms. The molecule has 0 aliphatic heterocycles. The second-order valence-electron chi connectivity index (χ2n) is 21.8. The molecular formula is C67H118N2O7P+. The van der Waals surface area contributed by atoms with Gasteiger partial charge in [-0.2, -0.15) is 0 Å². The second kappa shape index (κ2) is 56.0. The Labute approximate surface area is 474 Å². The maximum atomic E-state index is 13.6. The fraction of sp³-hybridized carbons (Fsp3) is 0.701. The SMILES string of the molecule is CC/C=C\C/C=C\C/C=C\C/C=C\C/C=C\CCCCCCCC(=O)NC(COP(=O)(O)OCC[N+](C)(C)C)C(/C=C\CCCCCCCCCCCCC)OC(=O)CCCCCC/C=C\C/C=C\C/C=C\CCCCC. The van der Waals surface area contributed by atoms with Crippen LogP contribution in [0, 0.1) is 0 Å². The van der Waals surface area contributed by atoms with Crippen LogP contribution < -0.4 is 5.32 Å². The van der Waals surface area contributed by atoms with Gasteiger partial charge in [-0.1, -0.05) is 233 Å². The van der Waals surface area contributed by atoms with Crippen LogP contribution in [0.1, 0.15) is 252 Å². The number of rotatable bonds is 55. The first-order valence-corrected chi connectivity index (χ1v) is 32.7. The zero-order valence-corrected chi connectivity index (χ0v) is 51.3. The van der Waals surface area contributed by atoms with Crippen molar-refractivity contribution in [3.8, 4) is 0 Å². The third kappa shape index (κ3) is 57.2. The first-order chi connectivity index (χ1) is 37.4. The van der Waals surface area contributed by atoms with Gasteiger partial charge in [-0.05, 0) is 115 Å². The number of carbonyl (C=O) groups is 2. The number of likely N-dealkylation sites (N-methyl/N-ethyl adjacent to an activating group) is 1. The van der Waals surface area contributed by atoms with E-state index < -0.39 is 20.0 Å². The van der Waals surface area contributed by atoms with E-state index in [9.17, 15) is 19.0 Å². The fourth-order valence-electron chi connectivity index (χ4n) is 8.38. The van der Waals surface area contributed by atoms with Crippen molar-refractivity contribution in [2.75, 3.05) is 40.9 Å². The highest BCUT2D eigenvalue weighted by Gasteiger charge is 2.30. The number of unbranched alkanes of at least 4 members (excludes halogenated alkanes) is 23. The van der Waals surface area contributed by atoms with Crippen LogP contribution in [-0.2, 0) is 27.9 Å². The molecule has 9 nitrogen and oxygen atoms in total. The van der Waals surface area contributed by atoms with Crippen LogP contribution >= 0.6 is 7.82 Å². The summed E-state index contributed by atoms with van der Waals surface area (Å²) in [4.78, 5) is 37.7. The molecule has 0 saturated carbocycles. The predicted octanol–water partition coefficient (Wildman–Crippen LogP) is 19.3. The topological polar surface area (TPSA) is 111 Å². The van der Waals surface area contributed by atoms with E-state index in [4.69, 9.17) is 13.8 Å². The van der Waals surface area contributed by atoms with Gasteiger partial charge in [0.15, 0.2) is 0 Å². The maximum absolute atomic E-state index is 13.6. The zero-order valence-electron chi connectivity index (χ0n) is 50.4. The summed E-state index contributed by atoms with van der Waals surface area (Å²) in [6, 6.07) is -0.875. The molecule has 0 aromatic rings. The first kappa shape index (κ1) is 73.7. The normalized spacial score (nSPS) is 14.4. The summed E-state index contributed by atoms with van der Waals surface area (Å²) in [5.41, 5.74) is 0. The lowest BCUT2D eigenvalue weighted by molar-refractivity contribution is -0.870. The number of phosphoric ester groups is 1. The number of phosphoric acid groups is 1. The standard InChI is InChI=1S/C67H117N2O7P/c1-7-10-13-16-19-22-25-28-30-32-33-34-35-37-38-41-44-47-50-53-56-59-66(70)68-64(63-75-77(72,73)74-62-61-69(4,5)6)65(58-55-52-49-46-43-40-27-24-21-18-15-12-9-3)76-67(71)60-57-54-51-48-45-42-39-36-31-29-26-23-20-17-14-11-8-2/h10,13,19-20,22-23,28-31,33-34,37-39,42,55,58,64-65H,7-9,11-12,14-18,21,24-27,32,35-36,40-41,43-54,56-57,59-63H2,1-6H3,(H-,68,70,72,73)/p+1/b13-10-,22-19-,23-20-,30-28-,31-29-,34-33-,38-37-,42-39-,58-55-. The summed E-state index contributed by atoms with van der Waals surface area (Å²) in [5.74, 6) is -0.557. The number of allylic oxidation sites excluding steroid dienone is 17. The van der Waals surface area contributed by atoms with E-state index in [2.05, 4.69) is 123 Å². The molecule has 0 rings (SSSR count). The molecule has 0 radical (unpaired) electrons. The second-order valence-corrected chi connectivity index (χ2v) is 23.3. The number of carbonyl (C=O) groups excluding carboxylic acids is 2. The lowest BCUT2D eigenvalue weighted by Gasteiger charge is -2.27. The Morgan fingerprint density at radius 2 is 0.831 bits per heavy atom. The highest BCUT2D eigenvalue weighted by atomic mass is 31.2. The van der Waals surface area contributed by atoms with Gasteiger partial charge in [0.25, 0.3) is 0 Å². The minimum atomic E-state index is -4.47. The number of esters is 1. The molecule has 0 bridgehead atoms. The smallest absolute Gasteiger partial charge is 0.456 e. The number of nitrogens with zero attached hydrogens (tertiary/aromatic N) is 1. The van der Waals surface area contributed by atoms with Gasteiger partial charge < -0.3 is 19.4 Å². The molecule has 0 aliphatic carbocycles. The van der Waals surface area contributed by atoms with Gasteiger partial charge >= 0.3 is 13.8 Å². The third-order valence-electron chi connectivity index (χ3n) is 13.2. The lowest BCUT2D eigenvalue weighted by atomic mass is 10.0. The van der Waals surface area contributed by atoms with Gasteiger partial charge in [0.05, 0.1) is 33.8 Å². The van der Waals surface area contributed by atoms with E-state index in [0.29, 0.717) is 23.9 Å². The summed E-state index contributed by atoms with van der Waals surface area (Å²) < 4.78 is 30.7. The van der Waals surface area contributed by atoms with E-state index in [1.807, 2.05) is 33.3 Å². The Kier molecular flexibility index (Phi) is 53.5. The highest BCUT2D eigenvalue weighted by Crippen LogP contribution is 2.43. The molecule has 3 unspecified atom stereocenters. The number of hydrogen-bond acceptors (Lipinski definition) is 6. The van der Waals surface area contributed by atoms with Crippen molar-refractivity contribution in [3.63, 3.8) is 0 Å². The average molecular weight is 1090 g/mol. The fourth-order valence-corrected chi connectivity index (χ4v) is 9.12. The van der Waals surface area contributed by atoms with Gasteiger partial charge in [-0.3, -0.25) is 18.6 Å². The van der Waals surface area contributed by atoms with Crippen molar-refractivity contribution in [2.45, 2.75) is 264 Å². The van der Waals surface area contributed by atoms with Crippen LogP contribution in [0.5, 0.6) is 0 Å². The third-order valence-corrected chi connectivity index (χ3v) is 14.2. The van der Waals surface area contributed by atoms with Gasteiger partial charge in [0.1, 0.15) is 19.3 Å². The molecule has 0 aliphatic rings. The molecule has 1 amide bonds. The van der Waals surface area contributed by atoms with Crippen molar-refractivity contribution in [3.05, 3.63) is 109 Å². The van der Waals surface area contributed by atoms with Gasteiger partial charge in [0, 0.05) is 12.8 Å². The number of amides is 1. The summed E-state index contributed by atoms with van der Waals surface area (Å²) in [6.45, 7) is 6.83. The van der Waals surface area contributed by atoms with E-state index in [-0.39, 0.29) is 31.5 Å². The summed E-state index contributed by atoms with van der Waals surface area (Å²) >= 11 is 0. The van der Waals surface area contributed by atoms with E-state index >= 15 is 0 Å². The van der Waals surface area contributed by atoms with Crippen molar-refractivity contribution in [1.82, 2.24) is 5.32 Å². The summed E-state index contributed by atoms with van der Waals surface area (Å²) in [5, 5.41) is 3.04. The molecular weight excluding hydrogens is 976 g/mol. The van der Waals surface area contributed by atoms with Crippen molar-refractivity contribution >= 4 is 19.7 Å². The molecule has 3 atom stereocenters. The summed E-state index contributed by atoms with van der Waals surface area (Å²) in [7, 11) is 1.45. The molecule has 77 heavy (non-hydrogen) atoms. The van der Waals surface area contributed by atoms with E-state index in [1.54, 1.807) is 0 Å². The van der Waals surface area contributed by atoms with Gasteiger partial charge in [0.2, 0.25) is 5.91 Å². The largest absolute Gasteiger partial charge is 0.472 e. The number of ether oxygens (including phenoxy) is 1.